The molecule has 0 saturated heterocycles. The molecule has 0 spiro atoms. The predicted molar refractivity (Wildman–Crippen MR) is 73.6 cm³/mol. The molecule has 2 rings (SSSR count). The van der Waals surface area contributed by atoms with Crippen LogP contribution in [0.1, 0.15) is 11.1 Å². The number of rotatable bonds is 6. The average molecular weight is 332 g/mol. The van der Waals surface area contributed by atoms with E-state index in [1.165, 1.54) is 30.3 Å². The van der Waals surface area contributed by atoms with Gasteiger partial charge in [0.1, 0.15) is 11.5 Å². The number of halogens is 5. The molecule has 23 heavy (non-hydrogen) atoms. The lowest BCUT2D eigenvalue weighted by molar-refractivity contribution is -0.274. The summed E-state index contributed by atoms with van der Waals surface area (Å²) in [6.07, 6.45) is -3.69. The van der Waals surface area contributed by atoms with E-state index in [2.05, 4.69) is 9.47 Å². The summed E-state index contributed by atoms with van der Waals surface area (Å²) in [5, 5.41) is 0. The molecule has 2 aromatic carbocycles. The first-order valence-corrected chi connectivity index (χ1v) is 6.70. The minimum atomic E-state index is -4.72. The van der Waals surface area contributed by atoms with Crippen molar-refractivity contribution < 1.29 is 31.4 Å². The molecule has 0 N–H and O–H groups in total. The van der Waals surface area contributed by atoms with Crippen molar-refractivity contribution >= 4 is 0 Å². The van der Waals surface area contributed by atoms with Crippen LogP contribution in [0.3, 0.4) is 0 Å². The third-order valence-corrected chi connectivity index (χ3v) is 2.98. The van der Waals surface area contributed by atoms with Crippen molar-refractivity contribution in [2.24, 2.45) is 0 Å². The van der Waals surface area contributed by atoms with Crippen LogP contribution in [0.5, 0.6) is 11.5 Å². The summed E-state index contributed by atoms with van der Waals surface area (Å²) in [5.41, 5.74) is 1.54. The molecule has 0 aliphatic rings. The lowest BCUT2D eigenvalue weighted by atomic mass is 10.0. The Balaban J connectivity index is 1.94. The van der Waals surface area contributed by atoms with Crippen molar-refractivity contribution in [1.29, 1.82) is 0 Å². The van der Waals surface area contributed by atoms with Crippen molar-refractivity contribution in [2.45, 2.75) is 25.8 Å². The standard InChI is InChI=1S/C16H13F5O2/c17-15(18)22-13-8-6-11(7-9-13)4-5-12-2-1-3-14(10-12)23-16(19,20)21/h1-3,6-10,15H,4-5H2. The molecule has 2 aromatic rings. The van der Waals surface area contributed by atoms with E-state index >= 15 is 0 Å². The summed E-state index contributed by atoms with van der Waals surface area (Å²) < 4.78 is 68.7. The maximum Gasteiger partial charge on any atom is 0.573 e. The van der Waals surface area contributed by atoms with Gasteiger partial charge in [-0.1, -0.05) is 24.3 Å². The number of aryl methyl sites for hydroxylation is 2. The first-order valence-electron chi connectivity index (χ1n) is 6.70. The van der Waals surface area contributed by atoms with Crippen LogP contribution >= 0.6 is 0 Å². The molecule has 0 unspecified atom stereocenters. The minimum absolute atomic E-state index is 0.0596. The van der Waals surface area contributed by atoms with Gasteiger partial charge >= 0.3 is 13.0 Å². The lowest BCUT2D eigenvalue weighted by Gasteiger charge is -2.10. The van der Waals surface area contributed by atoms with Crippen molar-refractivity contribution in [3.05, 3.63) is 59.7 Å². The van der Waals surface area contributed by atoms with Gasteiger partial charge in [0.25, 0.3) is 0 Å². The highest BCUT2D eigenvalue weighted by molar-refractivity contribution is 5.31. The lowest BCUT2D eigenvalue weighted by Crippen LogP contribution is -2.17. The Kier molecular flexibility index (Phi) is 5.41. The molecule has 0 aliphatic carbocycles. The highest BCUT2D eigenvalue weighted by atomic mass is 19.4. The Labute approximate surface area is 129 Å². The van der Waals surface area contributed by atoms with Crippen LogP contribution in [0.15, 0.2) is 48.5 Å². The molecule has 0 saturated carbocycles. The summed E-state index contributed by atoms with van der Waals surface area (Å²) in [5.74, 6) is -0.208. The van der Waals surface area contributed by atoms with Gasteiger partial charge in [0.15, 0.2) is 0 Å². The molecule has 0 aromatic heterocycles. The van der Waals surface area contributed by atoms with E-state index < -0.39 is 13.0 Å². The third-order valence-electron chi connectivity index (χ3n) is 2.98. The van der Waals surface area contributed by atoms with E-state index in [0.717, 1.165) is 5.56 Å². The van der Waals surface area contributed by atoms with E-state index in [4.69, 9.17) is 0 Å². The molecular weight excluding hydrogens is 319 g/mol. The largest absolute Gasteiger partial charge is 0.573 e. The van der Waals surface area contributed by atoms with Gasteiger partial charge < -0.3 is 9.47 Å². The van der Waals surface area contributed by atoms with Gasteiger partial charge in [-0.05, 0) is 48.2 Å². The molecule has 2 nitrogen and oxygen atoms in total. The third kappa shape index (κ3) is 6.14. The molecule has 0 radical (unpaired) electrons. The fourth-order valence-corrected chi connectivity index (χ4v) is 2.02. The second-order valence-electron chi connectivity index (χ2n) is 4.72. The summed E-state index contributed by atoms with van der Waals surface area (Å²) >= 11 is 0. The van der Waals surface area contributed by atoms with Gasteiger partial charge in [-0.3, -0.25) is 0 Å². The molecule has 0 bridgehead atoms. The molecule has 0 atom stereocenters. The van der Waals surface area contributed by atoms with E-state index in [1.54, 1.807) is 18.2 Å². The minimum Gasteiger partial charge on any atom is -0.435 e. The first-order chi connectivity index (χ1) is 10.8. The van der Waals surface area contributed by atoms with Gasteiger partial charge in [0.2, 0.25) is 0 Å². The number of hydrogen-bond donors (Lipinski definition) is 0. The van der Waals surface area contributed by atoms with Crippen molar-refractivity contribution in [1.82, 2.24) is 0 Å². The van der Waals surface area contributed by atoms with Gasteiger partial charge in [0, 0.05) is 0 Å². The smallest absolute Gasteiger partial charge is 0.435 e. The van der Waals surface area contributed by atoms with Crippen molar-refractivity contribution in [3.63, 3.8) is 0 Å². The van der Waals surface area contributed by atoms with Gasteiger partial charge in [0.05, 0.1) is 0 Å². The number of benzene rings is 2. The zero-order chi connectivity index (χ0) is 16.9. The van der Waals surface area contributed by atoms with Crippen LogP contribution in [-0.4, -0.2) is 13.0 Å². The Morgan fingerprint density at radius 3 is 2.09 bits per heavy atom. The van der Waals surface area contributed by atoms with Crippen LogP contribution in [-0.2, 0) is 12.8 Å². The van der Waals surface area contributed by atoms with E-state index in [0.29, 0.717) is 18.4 Å². The molecule has 0 fully saturated rings. The van der Waals surface area contributed by atoms with Gasteiger partial charge in [-0.15, -0.1) is 13.2 Å². The van der Waals surface area contributed by atoms with E-state index in [1.807, 2.05) is 0 Å². The van der Waals surface area contributed by atoms with E-state index in [9.17, 15) is 22.0 Å². The number of ether oxygens (including phenoxy) is 2. The van der Waals surface area contributed by atoms with Gasteiger partial charge in [-0.25, -0.2) is 0 Å². The van der Waals surface area contributed by atoms with Crippen LogP contribution in [0, 0.1) is 0 Å². The summed E-state index contributed by atoms with van der Waals surface area (Å²) in [4.78, 5) is 0. The van der Waals surface area contributed by atoms with Crippen molar-refractivity contribution in [2.75, 3.05) is 0 Å². The predicted octanol–water partition coefficient (Wildman–Crippen LogP) is 4.97. The SMILES string of the molecule is FC(F)Oc1ccc(CCc2cccc(OC(F)(F)F)c2)cc1. The quantitative estimate of drug-likeness (QED) is 0.695. The fourth-order valence-electron chi connectivity index (χ4n) is 2.02. The second-order valence-corrected chi connectivity index (χ2v) is 4.72. The summed E-state index contributed by atoms with van der Waals surface area (Å²) in [6.45, 7) is -2.88. The van der Waals surface area contributed by atoms with E-state index in [-0.39, 0.29) is 11.5 Å². The highest BCUT2D eigenvalue weighted by Crippen LogP contribution is 2.24. The van der Waals surface area contributed by atoms with Crippen molar-refractivity contribution in [3.8, 4) is 11.5 Å². The molecule has 124 valence electrons. The normalized spacial score (nSPS) is 11.6. The van der Waals surface area contributed by atoms with Crippen LogP contribution in [0.25, 0.3) is 0 Å². The zero-order valence-corrected chi connectivity index (χ0v) is 11.8. The molecule has 0 aliphatic heterocycles. The fraction of sp³-hybridized carbons (Fsp3) is 0.250. The molecular formula is C16H13F5O2. The molecule has 0 heterocycles. The molecule has 0 amide bonds. The molecule has 7 heteroatoms. The zero-order valence-electron chi connectivity index (χ0n) is 11.8. The number of hydrogen-bond acceptors (Lipinski definition) is 2. The maximum atomic E-state index is 12.2. The van der Waals surface area contributed by atoms with Crippen LogP contribution < -0.4 is 9.47 Å². The Bertz CT molecular complexity index is 623. The summed E-state index contributed by atoms with van der Waals surface area (Å²) in [7, 11) is 0. The first kappa shape index (κ1) is 17.1. The van der Waals surface area contributed by atoms with Crippen LogP contribution in [0.4, 0.5) is 22.0 Å². The average Bonchev–Trinajstić information content (AvgIpc) is 2.44. The number of alkyl halides is 5. The second kappa shape index (κ2) is 7.30. The maximum absolute atomic E-state index is 12.2. The monoisotopic (exact) mass is 332 g/mol. The Morgan fingerprint density at radius 2 is 1.48 bits per heavy atom. The van der Waals surface area contributed by atoms with Gasteiger partial charge in [-0.2, -0.15) is 8.78 Å². The Morgan fingerprint density at radius 1 is 0.826 bits per heavy atom. The highest BCUT2D eigenvalue weighted by Gasteiger charge is 2.31. The Hall–Kier alpha value is -2.31. The summed E-state index contributed by atoms with van der Waals surface area (Å²) in [6, 6.07) is 11.8. The topological polar surface area (TPSA) is 18.5 Å². The van der Waals surface area contributed by atoms with Crippen LogP contribution in [0.2, 0.25) is 0 Å².